The number of unbranched alkanes of at least 4 members (excludes halogenated alkanes) is 1. The first-order chi connectivity index (χ1) is 4.91. The maximum atomic E-state index is 5.28. The number of hydrogen-bond acceptors (Lipinski definition) is 2. The second kappa shape index (κ2) is 9.05. The Hall–Kier alpha value is 0.0500. The summed E-state index contributed by atoms with van der Waals surface area (Å²) in [7, 11) is 0. The molecule has 0 atom stereocenters. The third kappa shape index (κ3) is 8.05. The smallest absolute Gasteiger partial charge is 0.0473 e. The summed E-state index contributed by atoms with van der Waals surface area (Å²) in [5.74, 6) is 0.918. The van der Waals surface area contributed by atoms with E-state index in [1.54, 1.807) is 0 Å². The van der Waals surface area contributed by atoms with E-state index in [9.17, 15) is 0 Å². The molecule has 0 aliphatic heterocycles. The van der Waals surface area contributed by atoms with Gasteiger partial charge in [-0.3, -0.25) is 0 Å². The van der Waals surface area contributed by atoms with Gasteiger partial charge in [0, 0.05) is 13.2 Å². The van der Waals surface area contributed by atoms with Crippen molar-refractivity contribution in [3.05, 3.63) is 12.7 Å². The summed E-state index contributed by atoms with van der Waals surface area (Å²) in [6, 6.07) is 0. The van der Waals surface area contributed by atoms with Gasteiger partial charge in [-0.25, -0.2) is 0 Å². The van der Waals surface area contributed by atoms with Crippen LogP contribution < -0.4 is 0 Å². The van der Waals surface area contributed by atoms with Crippen LogP contribution >= 0.6 is 12.6 Å². The molecule has 0 N–H and O–H groups in total. The van der Waals surface area contributed by atoms with Crippen LogP contribution in [0.5, 0.6) is 0 Å². The number of ether oxygens (including phenoxy) is 1. The molecule has 0 aliphatic carbocycles. The molecule has 60 valence electrons. The lowest BCUT2D eigenvalue weighted by Gasteiger charge is -1.99. The lowest BCUT2D eigenvalue weighted by molar-refractivity contribution is 0.134. The molecule has 0 saturated carbocycles. The summed E-state index contributed by atoms with van der Waals surface area (Å²) < 4.78 is 5.28. The second-order valence-corrected chi connectivity index (χ2v) is 2.57. The highest BCUT2D eigenvalue weighted by atomic mass is 32.1. The Kier molecular flexibility index (Phi) is 9.10. The third-order valence-corrected chi connectivity index (χ3v) is 1.46. The quantitative estimate of drug-likeness (QED) is 0.341. The van der Waals surface area contributed by atoms with Crippen LogP contribution in [0.4, 0.5) is 0 Å². The predicted octanol–water partition coefficient (Wildman–Crippen LogP) is 2.29. The minimum absolute atomic E-state index is 0.848. The first-order valence-corrected chi connectivity index (χ1v) is 4.34. The van der Waals surface area contributed by atoms with E-state index in [2.05, 4.69) is 19.2 Å². The average molecular weight is 160 g/mol. The van der Waals surface area contributed by atoms with Crippen LogP contribution in [0.15, 0.2) is 12.7 Å². The molecular formula is C8H16OS. The molecule has 0 spiro atoms. The largest absolute Gasteiger partial charge is 0.381 e. The van der Waals surface area contributed by atoms with Crippen molar-refractivity contribution in [1.29, 1.82) is 0 Å². The molecule has 0 saturated heterocycles. The molecule has 0 rings (SSSR count). The van der Waals surface area contributed by atoms with Crippen LogP contribution in [0.2, 0.25) is 0 Å². The van der Waals surface area contributed by atoms with Crippen LogP contribution in [0.25, 0.3) is 0 Å². The first-order valence-electron chi connectivity index (χ1n) is 3.71. The van der Waals surface area contributed by atoms with E-state index in [0.29, 0.717) is 0 Å². The van der Waals surface area contributed by atoms with E-state index in [4.69, 9.17) is 4.74 Å². The molecule has 2 heteroatoms. The summed E-state index contributed by atoms with van der Waals surface area (Å²) in [6.07, 6.45) is 5.12. The molecule has 0 aromatic carbocycles. The maximum Gasteiger partial charge on any atom is 0.0473 e. The summed E-state index contributed by atoms with van der Waals surface area (Å²) in [4.78, 5) is 0. The van der Waals surface area contributed by atoms with E-state index in [1.807, 2.05) is 6.08 Å². The molecule has 0 fully saturated rings. The Morgan fingerprint density at radius 1 is 1.30 bits per heavy atom. The van der Waals surface area contributed by atoms with Crippen molar-refractivity contribution in [2.24, 2.45) is 0 Å². The molecule has 0 aromatic rings. The molecule has 0 radical (unpaired) electrons. The Balaban J connectivity index is 2.70. The number of rotatable bonds is 7. The van der Waals surface area contributed by atoms with Crippen molar-refractivity contribution < 1.29 is 4.74 Å². The molecule has 0 unspecified atom stereocenters. The van der Waals surface area contributed by atoms with Gasteiger partial charge in [-0.15, -0.1) is 6.58 Å². The van der Waals surface area contributed by atoms with Gasteiger partial charge < -0.3 is 4.74 Å². The van der Waals surface area contributed by atoms with Crippen LogP contribution in [0, 0.1) is 0 Å². The summed E-state index contributed by atoms with van der Waals surface area (Å²) >= 11 is 4.07. The van der Waals surface area contributed by atoms with Gasteiger partial charge in [0.2, 0.25) is 0 Å². The number of hydrogen-bond donors (Lipinski definition) is 1. The average Bonchev–Trinajstić information content (AvgIpc) is 1.97. The third-order valence-electron chi connectivity index (χ3n) is 1.14. The van der Waals surface area contributed by atoms with E-state index in [1.165, 1.54) is 0 Å². The minimum Gasteiger partial charge on any atom is -0.381 e. The highest BCUT2D eigenvalue weighted by Crippen LogP contribution is 1.91. The highest BCUT2D eigenvalue weighted by Gasteiger charge is 1.85. The molecule has 0 aliphatic rings. The van der Waals surface area contributed by atoms with Gasteiger partial charge >= 0.3 is 0 Å². The highest BCUT2D eigenvalue weighted by molar-refractivity contribution is 7.80. The van der Waals surface area contributed by atoms with Crippen molar-refractivity contribution in [1.82, 2.24) is 0 Å². The van der Waals surface area contributed by atoms with Crippen LogP contribution in [0.3, 0.4) is 0 Å². The fourth-order valence-corrected chi connectivity index (χ4v) is 0.728. The Labute approximate surface area is 68.9 Å². The molecule has 0 heterocycles. The molecule has 10 heavy (non-hydrogen) atoms. The van der Waals surface area contributed by atoms with Crippen molar-refractivity contribution in [2.75, 3.05) is 19.0 Å². The molecule has 1 nitrogen and oxygen atoms in total. The standard InChI is InChI=1S/C8H16OS/c1-2-3-4-6-9-7-5-8-10/h2,10H,1,3-8H2. The first kappa shape index (κ1) is 10.0. The van der Waals surface area contributed by atoms with Gasteiger partial charge in [0.25, 0.3) is 0 Å². The van der Waals surface area contributed by atoms with Crippen molar-refractivity contribution in [3.8, 4) is 0 Å². The monoisotopic (exact) mass is 160 g/mol. The van der Waals surface area contributed by atoms with Gasteiger partial charge in [-0.2, -0.15) is 12.6 Å². The summed E-state index contributed by atoms with van der Waals surface area (Å²) in [5.41, 5.74) is 0. The minimum atomic E-state index is 0.848. The van der Waals surface area contributed by atoms with Gasteiger partial charge in [0.1, 0.15) is 0 Å². The number of allylic oxidation sites excluding steroid dienone is 1. The molecule has 0 aromatic heterocycles. The van der Waals surface area contributed by atoms with Crippen LogP contribution in [0.1, 0.15) is 19.3 Å². The lowest BCUT2D eigenvalue weighted by Crippen LogP contribution is -1.96. The Morgan fingerprint density at radius 3 is 2.60 bits per heavy atom. The fraction of sp³-hybridized carbons (Fsp3) is 0.750. The normalized spacial score (nSPS) is 9.70. The zero-order valence-corrected chi connectivity index (χ0v) is 7.28. The summed E-state index contributed by atoms with van der Waals surface area (Å²) in [5, 5.41) is 0. The lowest BCUT2D eigenvalue weighted by atomic mass is 10.3. The number of thiol groups is 1. The van der Waals surface area contributed by atoms with Crippen LogP contribution in [-0.2, 0) is 4.74 Å². The van der Waals surface area contributed by atoms with Crippen molar-refractivity contribution in [3.63, 3.8) is 0 Å². The van der Waals surface area contributed by atoms with Gasteiger partial charge in [0.15, 0.2) is 0 Å². The van der Waals surface area contributed by atoms with E-state index in [-0.39, 0.29) is 0 Å². The van der Waals surface area contributed by atoms with Crippen LogP contribution in [-0.4, -0.2) is 19.0 Å². The second-order valence-electron chi connectivity index (χ2n) is 2.12. The van der Waals surface area contributed by atoms with Gasteiger partial charge in [-0.05, 0) is 25.0 Å². The Morgan fingerprint density at radius 2 is 2.00 bits per heavy atom. The SMILES string of the molecule is C=CCCCOCCCS. The fourth-order valence-electron chi connectivity index (χ4n) is 0.598. The van der Waals surface area contributed by atoms with Crippen molar-refractivity contribution in [2.45, 2.75) is 19.3 Å². The van der Waals surface area contributed by atoms with Gasteiger partial charge in [0.05, 0.1) is 0 Å². The Bertz CT molecular complexity index is 73.7. The molecular weight excluding hydrogens is 144 g/mol. The molecule has 0 amide bonds. The van der Waals surface area contributed by atoms with E-state index in [0.717, 1.165) is 38.2 Å². The molecule has 0 bridgehead atoms. The van der Waals surface area contributed by atoms with Gasteiger partial charge in [-0.1, -0.05) is 6.08 Å². The topological polar surface area (TPSA) is 9.23 Å². The predicted molar refractivity (Wildman–Crippen MR) is 48.7 cm³/mol. The summed E-state index contributed by atoms with van der Waals surface area (Å²) in [6.45, 7) is 5.34. The zero-order valence-electron chi connectivity index (χ0n) is 6.38. The van der Waals surface area contributed by atoms with Crippen molar-refractivity contribution >= 4 is 12.6 Å². The van der Waals surface area contributed by atoms with E-state index >= 15 is 0 Å². The maximum absolute atomic E-state index is 5.28. The van der Waals surface area contributed by atoms with E-state index < -0.39 is 0 Å². The zero-order chi connectivity index (χ0) is 7.66.